The van der Waals surface area contributed by atoms with Crippen LogP contribution in [-0.4, -0.2) is 27.0 Å². The number of aromatic nitrogens is 1. The molecule has 2 atom stereocenters. The second-order valence-electron chi connectivity index (χ2n) is 10.1. The minimum atomic E-state index is -1.29. The molecular weight excluding hydrogens is 556 g/mol. The normalized spacial score (nSPS) is 22.0. The fourth-order valence-corrected chi connectivity index (χ4v) is 6.71. The maximum atomic E-state index is 13.0. The third-order valence-corrected chi connectivity index (χ3v) is 8.74. The molecule has 1 fully saturated rings. The van der Waals surface area contributed by atoms with Crippen LogP contribution in [-0.2, 0) is 0 Å². The Kier molecular flexibility index (Phi) is 5.48. The van der Waals surface area contributed by atoms with Crippen molar-refractivity contribution in [3.63, 3.8) is 0 Å². The number of benzene rings is 4. The minimum Gasteiger partial charge on any atom is -0.444 e. The largest absolute Gasteiger partial charge is 0.444 e. The second-order valence-corrected chi connectivity index (χ2v) is 11.5. The zero-order valence-corrected chi connectivity index (χ0v) is 23.0. The lowest BCUT2D eigenvalue weighted by atomic mass is 9.95. The summed E-state index contributed by atoms with van der Waals surface area (Å²) in [5.41, 5.74) is 5.49. The third-order valence-electron chi connectivity index (χ3n) is 7.59. The van der Waals surface area contributed by atoms with Crippen molar-refractivity contribution in [1.82, 2.24) is 15.5 Å². The van der Waals surface area contributed by atoms with Gasteiger partial charge in [-0.05, 0) is 59.3 Å². The molecule has 3 aliphatic rings. The Balaban J connectivity index is 1.26. The molecule has 41 heavy (non-hydrogen) atoms. The number of nitrogens with one attached hydrogen (secondary N) is 1. The van der Waals surface area contributed by atoms with E-state index in [4.69, 9.17) is 26.0 Å². The van der Waals surface area contributed by atoms with Crippen LogP contribution in [0, 0.1) is 0 Å². The van der Waals surface area contributed by atoms with Crippen molar-refractivity contribution in [3.05, 3.63) is 124 Å². The average molecular weight is 577 g/mol. The van der Waals surface area contributed by atoms with Gasteiger partial charge in [-0.1, -0.05) is 83.5 Å². The van der Waals surface area contributed by atoms with Gasteiger partial charge in [0.15, 0.2) is 5.76 Å². The Morgan fingerprint density at radius 2 is 1.78 bits per heavy atom. The average Bonchev–Trinajstić information content (AvgIpc) is 3.70. The van der Waals surface area contributed by atoms with E-state index in [1.807, 2.05) is 102 Å². The molecular formula is C32H21ClN4O3S. The number of halogens is 1. The Morgan fingerprint density at radius 1 is 0.976 bits per heavy atom. The monoisotopic (exact) mass is 576 g/mol. The Bertz CT molecular complexity index is 1900. The van der Waals surface area contributed by atoms with Gasteiger partial charge < -0.3 is 9.26 Å². The number of amides is 1. The van der Waals surface area contributed by atoms with Gasteiger partial charge in [0.25, 0.3) is 5.24 Å². The van der Waals surface area contributed by atoms with Crippen LogP contribution in [0.25, 0.3) is 28.3 Å². The van der Waals surface area contributed by atoms with Gasteiger partial charge in [0.1, 0.15) is 11.3 Å². The number of carbonyl (C=O) groups excluding carboxylic acids is 1. The summed E-state index contributed by atoms with van der Waals surface area (Å²) in [7, 11) is 0. The summed E-state index contributed by atoms with van der Waals surface area (Å²) in [6, 6.07) is 31.3. The van der Waals surface area contributed by atoms with Crippen LogP contribution in [0.4, 0.5) is 4.79 Å². The number of hydrogen-bond donors (Lipinski definition) is 1. The van der Waals surface area contributed by atoms with Gasteiger partial charge in [0.2, 0.25) is 0 Å². The third kappa shape index (κ3) is 3.94. The quantitative estimate of drug-likeness (QED) is 0.236. The van der Waals surface area contributed by atoms with Crippen molar-refractivity contribution >= 4 is 51.3 Å². The van der Waals surface area contributed by atoms with Crippen LogP contribution >= 0.6 is 23.4 Å². The van der Waals surface area contributed by atoms with Crippen LogP contribution in [0.5, 0.6) is 5.75 Å². The Hall–Kier alpha value is -4.53. The van der Waals surface area contributed by atoms with E-state index in [9.17, 15) is 4.79 Å². The molecule has 1 spiro atoms. The summed E-state index contributed by atoms with van der Waals surface area (Å²) in [6.07, 6.45) is 2.63. The molecule has 0 radical (unpaired) electrons. The van der Waals surface area contributed by atoms with Crippen molar-refractivity contribution in [2.45, 2.75) is 18.3 Å². The first kappa shape index (κ1) is 24.3. The van der Waals surface area contributed by atoms with E-state index < -0.39 is 5.85 Å². The fraction of sp³-hybridized carbons (Fsp3) is 0.0938. The summed E-state index contributed by atoms with van der Waals surface area (Å²) in [5.74, 6) is 0.125. The molecule has 9 heteroatoms. The maximum absolute atomic E-state index is 13.0. The number of hydrogen-bond acceptors (Lipinski definition) is 7. The smallest absolute Gasteiger partial charge is 0.314 e. The van der Waals surface area contributed by atoms with Gasteiger partial charge >= 0.3 is 5.85 Å². The highest BCUT2D eigenvalue weighted by molar-refractivity contribution is 8.17. The van der Waals surface area contributed by atoms with E-state index in [2.05, 4.69) is 16.5 Å². The van der Waals surface area contributed by atoms with Crippen molar-refractivity contribution in [2.24, 2.45) is 5.10 Å². The molecule has 8 rings (SSSR count). The number of hydrazone groups is 1. The number of thioether (sulfide) groups is 1. The lowest BCUT2D eigenvalue weighted by Crippen LogP contribution is -2.61. The predicted octanol–water partition coefficient (Wildman–Crippen LogP) is 7.84. The zero-order chi connectivity index (χ0) is 27.6. The molecule has 5 aromatic rings. The van der Waals surface area contributed by atoms with Crippen LogP contribution in [0.15, 0.2) is 112 Å². The Morgan fingerprint density at radius 3 is 2.63 bits per heavy atom. The summed E-state index contributed by atoms with van der Waals surface area (Å²) in [6.45, 7) is 0. The van der Waals surface area contributed by atoms with Gasteiger partial charge in [-0.25, -0.2) is 5.01 Å². The van der Waals surface area contributed by atoms with Gasteiger partial charge in [-0.3, -0.25) is 10.1 Å². The van der Waals surface area contributed by atoms with Gasteiger partial charge in [0, 0.05) is 22.6 Å². The number of rotatable bonds is 3. The molecule has 4 heterocycles. The van der Waals surface area contributed by atoms with E-state index in [0.29, 0.717) is 22.1 Å². The second kappa shape index (κ2) is 9.26. The molecule has 0 bridgehead atoms. The van der Waals surface area contributed by atoms with Crippen molar-refractivity contribution < 1.29 is 14.1 Å². The van der Waals surface area contributed by atoms with E-state index in [-0.39, 0.29) is 11.3 Å². The SMILES string of the molecule is O=C1NC2(Oc3ccccc3C3CC(c4ccc(Cl)cc4)=NN32)/C(=C/c2ccc3noc(-c4ccccc4)c3c2)S1. The molecule has 4 aromatic carbocycles. The predicted molar refractivity (Wildman–Crippen MR) is 161 cm³/mol. The summed E-state index contributed by atoms with van der Waals surface area (Å²) >= 11 is 7.27. The lowest BCUT2D eigenvalue weighted by molar-refractivity contribution is -0.0949. The first-order chi connectivity index (χ1) is 20.1. The Labute approximate surface area is 244 Å². The molecule has 3 aliphatic heterocycles. The molecule has 7 nitrogen and oxygen atoms in total. The summed E-state index contributed by atoms with van der Waals surface area (Å²) in [5, 5.41) is 15.7. The fourth-order valence-electron chi connectivity index (χ4n) is 5.68. The van der Waals surface area contributed by atoms with Crippen LogP contribution in [0.1, 0.15) is 29.2 Å². The topological polar surface area (TPSA) is 80.0 Å². The van der Waals surface area contributed by atoms with Gasteiger partial charge in [-0.2, -0.15) is 5.10 Å². The molecule has 0 aliphatic carbocycles. The highest BCUT2D eigenvalue weighted by Gasteiger charge is 2.58. The van der Waals surface area contributed by atoms with Crippen LogP contribution < -0.4 is 10.1 Å². The highest BCUT2D eigenvalue weighted by atomic mass is 35.5. The molecule has 1 saturated heterocycles. The highest BCUT2D eigenvalue weighted by Crippen LogP contribution is 2.52. The molecule has 0 saturated carbocycles. The van der Waals surface area contributed by atoms with Crippen molar-refractivity contribution in [3.8, 4) is 17.1 Å². The van der Waals surface area contributed by atoms with E-state index >= 15 is 0 Å². The summed E-state index contributed by atoms with van der Waals surface area (Å²) < 4.78 is 12.4. The number of ether oxygens (including phenoxy) is 1. The van der Waals surface area contributed by atoms with Crippen LogP contribution in [0.3, 0.4) is 0 Å². The molecule has 2 unspecified atom stereocenters. The number of para-hydroxylation sites is 1. The van der Waals surface area contributed by atoms with Crippen molar-refractivity contribution in [1.29, 1.82) is 0 Å². The first-order valence-corrected chi connectivity index (χ1v) is 14.3. The maximum Gasteiger partial charge on any atom is 0.314 e. The van der Waals surface area contributed by atoms with Crippen molar-refractivity contribution in [2.75, 3.05) is 0 Å². The summed E-state index contributed by atoms with van der Waals surface area (Å²) in [4.78, 5) is 13.7. The molecule has 1 amide bonds. The van der Waals surface area contributed by atoms with Crippen LogP contribution in [0.2, 0.25) is 5.02 Å². The first-order valence-electron chi connectivity index (χ1n) is 13.2. The zero-order valence-electron chi connectivity index (χ0n) is 21.5. The van der Waals surface area contributed by atoms with Gasteiger partial charge in [-0.15, -0.1) is 0 Å². The standard InChI is InChI=1S/C32H21ClN4O3S/c33-22-13-11-20(12-14-22)26-18-27-23-8-4-5-9-28(23)39-32(37(27)35-26)29(41-31(38)34-32)17-19-10-15-25-24(16-19)30(40-36-25)21-6-2-1-3-7-21/h1-17,27H,18H2,(H,34,38)/b29-17-. The van der Waals surface area contributed by atoms with Gasteiger partial charge in [0.05, 0.1) is 22.0 Å². The minimum absolute atomic E-state index is 0.127. The lowest BCUT2D eigenvalue weighted by Gasteiger charge is -2.45. The molecule has 1 aromatic heterocycles. The van der Waals surface area contributed by atoms with E-state index in [1.165, 1.54) is 0 Å². The number of fused-ring (bicyclic) bond motifs is 5. The number of nitrogens with zero attached hydrogens (tertiary/aromatic N) is 3. The van der Waals surface area contributed by atoms with E-state index in [1.54, 1.807) is 0 Å². The van der Waals surface area contributed by atoms with E-state index in [0.717, 1.165) is 56.4 Å². The molecule has 200 valence electrons. The number of carbonyl (C=O) groups is 1. The molecule has 1 N–H and O–H groups in total.